The first-order valence-corrected chi connectivity index (χ1v) is 4.83. The molecule has 0 radical (unpaired) electrons. The van der Waals surface area contributed by atoms with Gasteiger partial charge in [0.05, 0.1) is 0 Å². The molecule has 0 fully saturated rings. The van der Waals surface area contributed by atoms with Crippen molar-refractivity contribution in [3.63, 3.8) is 0 Å². The van der Waals surface area contributed by atoms with Gasteiger partial charge in [-0.25, -0.2) is 0 Å². The fraction of sp³-hybridized carbons (Fsp3) is 0.182. The second-order valence-corrected chi connectivity index (χ2v) is 3.41. The van der Waals surface area contributed by atoms with E-state index in [-0.39, 0.29) is 5.91 Å². The number of nitrogens with zero attached hydrogens (tertiary/aromatic N) is 2. The van der Waals surface area contributed by atoms with Crippen LogP contribution in [0, 0.1) is 6.92 Å². The smallest absolute Gasteiger partial charge is 0.257 e. The summed E-state index contributed by atoms with van der Waals surface area (Å²) in [6.07, 6.45) is 0. The van der Waals surface area contributed by atoms with Crippen molar-refractivity contribution >= 4 is 11.6 Å². The van der Waals surface area contributed by atoms with Gasteiger partial charge in [-0.05, 0) is 25.1 Å². The van der Waals surface area contributed by atoms with Gasteiger partial charge in [0, 0.05) is 18.2 Å². The van der Waals surface area contributed by atoms with Crippen LogP contribution in [0.5, 0.6) is 0 Å². The van der Waals surface area contributed by atoms with Crippen molar-refractivity contribution in [1.82, 2.24) is 10.1 Å². The van der Waals surface area contributed by atoms with Gasteiger partial charge < -0.3 is 9.84 Å². The monoisotopic (exact) mass is 217 g/mol. The summed E-state index contributed by atoms with van der Waals surface area (Å²) in [5.74, 6) is 0.920. The Morgan fingerprint density at radius 1 is 1.44 bits per heavy atom. The van der Waals surface area contributed by atoms with Crippen LogP contribution >= 0.6 is 0 Å². The fourth-order valence-corrected chi connectivity index (χ4v) is 1.35. The van der Waals surface area contributed by atoms with Gasteiger partial charge in [-0.2, -0.15) is 4.98 Å². The molecule has 0 saturated carbocycles. The lowest BCUT2D eigenvalue weighted by Gasteiger charge is -2.02. The summed E-state index contributed by atoms with van der Waals surface area (Å²) in [5, 5.41) is 6.40. The Bertz CT molecular complexity index is 519. The number of carbonyl (C=O) groups excluding carboxylic acids is 1. The van der Waals surface area contributed by atoms with E-state index in [1.807, 2.05) is 12.1 Å². The second kappa shape index (κ2) is 4.14. The molecule has 2 rings (SSSR count). The molecule has 2 aromatic rings. The minimum atomic E-state index is -0.112. The van der Waals surface area contributed by atoms with Gasteiger partial charge in [0.25, 0.3) is 5.89 Å². The van der Waals surface area contributed by atoms with Gasteiger partial charge in [-0.1, -0.05) is 11.2 Å². The first kappa shape index (κ1) is 10.4. The number of anilines is 1. The lowest BCUT2D eigenvalue weighted by Crippen LogP contribution is -2.05. The Morgan fingerprint density at radius 2 is 2.25 bits per heavy atom. The largest absolute Gasteiger partial charge is 0.334 e. The molecule has 1 aromatic carbocycles. The summed E-state index contributed by atoms with van der Waals surface area (Å²) >= 11 is 0. The molecule has 5 heteroatoms. The first-order valence-electron chi connectivity index (χ1n) is 4.83. The number of hydrogen-bond acceptors (Lipinski definition) is 4. The van der Waals surface area contributed by atoms with E-state index in [1.54, 1.807) is 19.1 Å². The van der Waals surface area contributed by atoms with E-state index < -0.39 is 0 Å². The number of benzene rings is 1. The van der Waals surface area contributed by atoms with Crippen LogP contribution in [0.25, 0.3) is 11.5 Å². The second-order valence-electron chi connectivity index (χ2n) is 3.41. The third-order valence-corrected chi connectivity index (χ3v) is 1.96. The molecule has 1 heterocycles. The maximum Gasteiger partial charge on any atom is 0.257 e. The molecule has 0 spiro atoms. The molecule has 0 unspecified atom stereocenters. The first-order chi connectivity index (χ1) is 7.65. The van der Waals surface area contributed by atoms with Crippen molar-refractivity contribution in [3.8, 4) is 11.5 Å². The summed E-state index contributed by atoms with van der Waals surface area (Å²) in [4.78, 5) is 15.0. The lowest BCUT2D eigenvalue weighted by atomic mass is 10.2. The third kappa shape index (κ3) is 2.25. The molecule has 5 nitrogen and oxygen atoms in total. The van der Waals surface area contributed by atoms with Crippen LogP contribution < -0.4 is 5.32 Å². The van der Waals surface area contributed by atoms with Gasteiger partial charge in [0.2, 0.25) is 5.91 Å². The van der Waals surface area contributed by atoms with Gasteiger partial charge in [0.15, 0.2) is 5.82 Å². The molecule has 0 atom stereocenters. The molecular formula is C11H11N3O2. The van der Waals surface area contributed by atoms with E-state index in [4.69, 9.17) is 4.52 Å². The minimum absolute atomic E-state index is 0.112. The summed E-state index contributed by atoms with van der Waals surface area (Å²) in [5.41, 5.74) is 1.49. The van der Waals surface area contributed by atoms with Crippen molar-refractivity contribution in [1.29, 1.82) is 0 Å². The standard InChI is InChI=1S/C11H11N3O2/c1-7-12-11(16-14-7)9-4-3-5-10(6-9)13-8(2)15/h3-6H,1-2H3,(H,13,15). The van der Waals surface area contributed by atoms with Crippen molar-refractivity contribution in [2.45, 2.75) is 13.8 Å². The highest BCUT2D eigenvalue weighted by Crippen LogP contribution is 2.20. The van der Waals surface area contributed by atoms with Crippen LogP contribution in [0.1, 0.15) is 12.7 Å². The Labute approximate surface area is 92.5 Å². The van der Waals surface area contributed by atoms with Crippen LogP contribution in [-0.4, -0.2) is 16.0 Å². The zero-order valence-corrected chi connectivity index (χ0v) is 9.02. The summed E-state index contributed by atoms with van der Waals surface area (Å²) in [6, 6.07) is 7.25. The molecular weight excluding hydrogens is 206 g/mol. The maximum atomic E-state index is 10.9. The number of nitrogens with one attached hydrogen (secondary N) is 1. The number of rotatable bonds is 2. The van der Waals surface area contributed by atoms with Crippen molar-refractivity contribution in [2.24, 2.45) is 0 Å². The summed E-state index contributed by atoms with van der Waals surface area (Å²) < 4.78 is 5.04. The highest BCUT2D eigenvalue weighted by molar-refractivity contribution is 5.89. The zero-order valence-electron chi connectivity index (χ0n) is 9.02. The molecule has 0 aliphatic carbocycles. The lowest BCUT2D eigenvalue weighted by molar-refractivity contribution is -0.114. The Hall–Kier alpha value is -2.17. The number of amides is 1. The van der Waals surface area contributed by atoms with E-state index in [1.165, 1.54) is 6.92 Å². The van der Waals surface area contributed by atoms with Crippen molar-refractivity contribution in [3.05, 3.63) is 30.1 Å². The normalized spacial score (nSPS) is 10.1. The Balaban J connectivity index is 2.32. The SMILES string of the molecule is CC(=O)Nc1cccc(-c2nc(C)no2)c1. The zero-order chi connectivity index (χ0) is 11.5. The number of hydrogen-bond donors (Lipinski definition) is 1. The predicted molar refractivity (Wildman–Crippen MR) is 58.8 cm³/mol. The average Bonchev–Trinajstić information content (AvgIpc) is 2.64. The van der Waals surface area contributed by atoms with Gasteiger partial charge >= 0.3 is 0 Å². The van der Waals surface area contributed by atoms with E-state index in [9.17, 15) is 4.79 Å². The molecule has 1 aromatic heterocycles. The maximum absolute atomic E-state index is 10.9. The van der Waals surface area contributed by atoms with Crippen LogP contribution in [0.4, 0.5) is 5.69 Å². The van der Waals surface area contributed by atoms with Crippen LogP contribution in [0.2, 0.25) is 0 Å². The van der Waals surface area contributed by atoms with Crippen molar-refractivity contribution < 1.29 is 9.32 Å². The van der Waals surface area contributed by atoms with Crippen LogP contribution in [0.15, 0.2) is 28.8 Å². The molecule has 16 heavy (non-hydrogen) atoms. The van der Waals surface area contributed by atoms with Gasteiger partial charge in [-0.3, -0.25) is 4.79 Å². The number of aromatic nitrogens is 2. The van der Waals surface area contributed by atoms with E-state index in [0.29, 0.717) is 17.4 Å². The summed E-state index contributed by atoms with van der Waals surface area (Å²) in [6.45, 7) is 3.22. The molecule has 1 amide bonds. The minimum Gasteiger partial charge on any atom is -0.334 e. The van der Waals surface area contributed by atoms with Gasteiger partial charge in [-0.15, -0.1) is 0 Å². The number of aryl methyl sites for hydroxylation is 1. The topological polar surface area (TPSA) is 68.0 Å². The third-order valence-electron chi connectivity index (χ3n) is 1.96. The average molecular weight is 217 g/mol. The van der Waals surface area contributed by atoms with Crippen molar-refractivity contribution in [2.75, 3.05) is 5.32 Å². The quantitative estimate of drug-likeness (QED) is 0.835. The number of carbonyl (C=O) groups is 1. The fourth-order valence-electron chi connectivity index (χ4n) is 1.35. The van der Waals surface area contributed by atoms with E-state index >= 15 is 0 Å². The molecule has 0 saturated heterocycles. The molecule has 0 aliphatic rings. The van der Waals surface area contributed by atoms with Crippen LogP contribution in [-0.2, 0) is 4.79 Å². The highest BCUT2D eigenvalue weighted by Gasteiger charge is 2.06. The molecule has 0 bridgehead atoms. The Morgan fingerprint density at radius 3 is 2.88 bits per heavy atom. The molecule has 82 valence electrons. The highest BCUT2D eigenvalue weighted by atomic mass is 16.5. The van der Waals surface area contributed by atoms with E-state index in [0.717, 1.165) is 5.56 Å². The van der Waals surface area contributed by atoms with Gasteiger partial charge in [0.1, 0.15) is 0 Å². The van der Waals surface area contributed by atoms with Crippen LogP contribution in [0.3, 0.4) is 0 Å². The van der Waals surface area contributed by atoms with E-state index in [2.05, 4.69) is 15.5 Å². The molecule has 0 aliphatic heterocycles. The Kier molecular flexibility index (Phi) is 2.68. The summed E-state index contributed by atoms with van der Waals surface area (Å²) in [7, 11) is 0. The predicted octanol–water partition coefficient (Wildman–Crippen LogP) is 2.00. The molecule has 1 N–H and O–H groups in total.